The first-order valence-corrected chi connectivity index (χ1v) is 11.1. The smallest absolute Gasteiger partial charge is 0.265 e. The third-order valence-electron chi connectivity index (χ3n) is 5.77. The number of aromatic nitrogens is 2. The molecular formula is C23H23ClFN7O. The number of carbonyl (C=O) groups excluding carboxylic acids is 1. The molecule has 2 aliphatic rings. The molecule has 0 bridgehead atoms. The Morgan fingerprint density at radius 1 is 1.12 bits per heavy atom. The molecule has 2 aliphatic heterocycles. The minimum Gasteiger partial charge on any atom is -0.369 e. The summed E-state index contributed by atoms with van der Waals surface area (Å²) in [7, 11) is 1.78. The summed E-state index contributed by atoms with van der Waals surface area (Å²) in [6.07, 6.45) is 1.46. The average molecular weight is 468 g/mol. The third kappa shape index (κ3) is 4.17. The number of amides is 1. The molecule has 0 spiro atoms. The summed E-state index contributed by atoms with van der Waals surface area (Å²) in [5, 5.41) is 6.72. The Bertz CT molecular complexity index is 1160. The van der Waals surface area contributed by atoms with Crippen LogP contribution in [0.5, 0.6) is 0 Å². The van der Waals surface area contributed by atoms with Crippen LogP contribution in [-0.2, 0) is 0 Å². The predicted octanol–water partition coefficient (Wildman–Crippen LogP) is 3.48. The number of para-hydroxylation sites is 1. The second kappa shape index (κ2) is 8.84. The maximum absolute atomic E-state index is 14.4. The molecule has 8 nitrogen and oxygen atoms in total. The topological polar surface area (TPSA) is 76.6 Å². The molecule has 5 rings (SSSR count). The minimum atomic E-state index is -0.559. The van der Waals surface area contributed by atoms with Gasteiger partial charge in [0.2, 0.25) is 5.95 Å². The first-order valence-electron chi connectivity index (χ1n) is 10.7. The second-order valence-corrected chi connectivity index (χ2v) is 8.39. The second-order valence-electron chi connectivity index (χ2n) is 7.98. The van der Waals surface area contributed by atoms with E-state index >= 15 is 0 Å². The van der Waals surface area contributed by atoms with E-state index in [0.29, 0.717) is 11.8 Å². The van der Waals surface area contributed by atoms with Crippen LogP contribution in [0.2, 0.25) is 5.02 Å². The number of carbonyl (C=O) groups is 1. The quantitative estimate of drug-likeness (QED) is 0.608. The molecule has 3 heterocycles. The summed E-state index contributed by atoms with van der Waals surface area (Å²) in [6, 6.07) is 12.4. The number of hydrogen-bond donors (Lipinski definition) is 2. The molecule has 170 valence electrons. The van der Waals surface area contributed by atoms with Gasteiger partial charge in [-0.25, -0.2) is 9.37 Å². The predicted molar refractivity (Wildman–Crippen MR) is 128 cm³/mol. The van der Waals surface area contributed by atoms with Crippen molar-refractivity contribution in [2.45, 2.75) is 0 Å². The van der Waals surface area contributed by atoms with Gasteiger partial charge in [0.15, 0.2) is 0 Å². The number of rotatable bonds is 4. The van der Waals surface area contributed by atoms with Crippen molar-refractivity contribution in [1.82, 2.24) is 15.3 Å². The van der Waals surface area contributed by atoms with Gasteiger partial charge in [-0.2, -0.15) is 4.98 Å². The van der Waals surface area contributed by atoms with Crippen molar-refractivity contribution >= 4 is 46.3 Å². The van der Waals surface area contributed by atoms with Crippen molar-refractivity contribution in [3.05, 3.63) is 65.1 Å². The Kier molecular flexibility index (Phi) is 5.74. The van der Waals surface area contributed by atoms with E-state index in [0.717, 1.165) is 31.9 Å². The molecule has 1 saturated heterocycles. The normalized spacial score (nSPS) is 16.1. The molecule has 3 aromatic rings. The van der Waals surface area contributed by atoms with Gasteiger partial charge in [-0.1, -0.05) is 17.7 Å². The fraction of sp³-hybridized carbons (Fsp3) is 0.261. The van der Waals surface area contributed by atoms with Crippen LogP contribution < -0.4 is 25.3 Å². The molecule has 2 N–H and O–H groups in total. The highest BCUT2D eigenvalue weighted by molar-refractivity contribution is 6.34. The van der Waals surface area contributed by atoms with Gasteiger partial charge >= 0.3 is 0 Å². The van der Waals surface area contributed by atoms with Crippen LogP contribution in [0, 0.1) is 5.82 Å². The van der Waals surface area contributed by atoms with Gasteiger partial charge in [0.1, 0.15) is 22.9 Å². The highest BCUT2D eigenvalue weighted by Crippen LogP contribution is 2.34. The van der Waals surface area contributed by atoms with Gasteiger partial charge in [-0.3, -0.25) is 9.69 Å². The first kappa shape index (κ1) is 21.4. The molecule has 0 radical (unpaired) electrons. The molecule has 1 amide bonds. The van der Waals surface area contributed by atoms with Gasteiger partial charge in [-0.15, -0.1) is 0 Å². The Morgan fingerprint density at radius 2 is 1.88 bits per heavy atom. The van der Waals surface area contributed by atoms with E-state index in [2.05, 4.69) is 37.6 Å². The van der Waals surface area contributed by atoms with E-state index in [1.165, 1.54) is 28.9 Å². The average Bonchev–Trinajstić information content (AvgIpc) is 2.83. The van der Waals surface area contributed by atoms with Crippen LogP contribution in [0.1, 0.15) is 10.4 Å². The molecular weight excluding hydrogens is 445 g/mol. The van der Waals surface area contributed by atoms with Crippen LogP contribution in [0.15, 0.2) is 48.7 Å². The van der Waals surface area contributed by atoms with Crippen LogP contribution in [0.3, 0.4) is 0 Å². The number of halogens is 2. The molecule has 0 saturated carbocycles. The summed E-state index contributed by atoms with van der Waals surface area (Å²) in [5.74, 6) is -0.113. The molecule has 1 aromatic heterocycles. The first-order chi connectivity index (χ1) is 16.0. The van der Waals surface area contributed by atoms with Gasteiger partial charge in [0, 0.05) is 50.8 Å². The van der Waals surface area contributed by atoms with Crippen molar-refractivity contribution in [1.29, 1.82) is 0 Å². The fourth-order valence-electron chi connectivity index (χ4n) is 4.09. The maximum Gasteiger partial charge on any atom is 0.265 e. The number of anilines is 5. The summed E-state index contributed by atoms with van der Waals surface area (Å²) < 4.78 is 14.4. The SMILES string of the molecule is CN1CN(c2c(F)cccc2Cl)C(=O)c2cnc(Nc3ccc(N4CCNCC4)cc3)nc21. The van der Waals surface area contributed by atoms with Crippen LogP contribution >= 0.6 is 11.6 Å². The van der Waals surface area contributed by atoms with Crippen LogP contribution in [0.4, 0.5) is 33.2 Å². The zero-order chi connectivity index (χ0) is 22.9. The Morgan fingerprint density at radius 3 is 2.61 bits per heavy atom. The van der Waals surface area contributed by atoms with Crippen molar-refractivity contribution < 1.29 is 9.18 Å². The van der Waals surface area contributed by atoms with E-state index in [1.54, 1.807) is 18.0 Å². The van der Waals surface area contributed by atoms with Crippen molar-refractivity contribution in [3.8, 4) is 0 Å². The molecule has 0 unspecified atom stereocenters. The lowest BCUT2D eigenvalue weighted by atomic mass is 10.2. The van der Waals surface area contributed by atoms with E-state index in [1.807, 2.05) is 12.1 Å². The van der Waals surface area contributed by atoms with Crippen molar-refractivity contribution in [3.63, 3.8) is 0 Å². The monoisotopic (exact) mass is 467 g/mol. The Hall–Kier alpha value is -3.43. The highest BCUT2D eigenvalue weighted by atomic mass is 35.5. The third-order valence-corrected chi connectivity index (χ3v) is 6.08. The van der Waals surface area contributed by atoms with E-state index in [-0.39, 0.29) is 22.9 Å². The fourth-order valence-corrected chi connectivity index (χ4v) is 4.36. The molecule has 2 aromatic carbocycles. The van der Waals surface area contributed by atoms with Gasteiger partial charge < -0.3 is 20.4 Å². The lowest BCUT2D eigenvalue weighted by Gasteiger charge is -2.35. The van der Waals surface area contributed by atoms with Gasteiger partial charge in [-0.05, 0) is 36.4 Å². The number of piperazine rings is 1. The summed E-state index contributed by atoms with van der Waals surface area (Å²) in [4.78, 5) is 27.3. The van der Waals surface area contributed by atoms with E-state index < -0.39 is 11.7 Å². The molecule has 1 fully saturated rings. The van der Waals surface area contributed by atoms with E-state index in [4.69, 9.17) is 11.6 Å². The molecule has 0 atom stereocenters. The zero-order valence-electron chi connectivity index (χ0n) is 18.1. The molecule has 33 heavy (non-hydrogen) atoms. The number of nitrogens with zero attached hydrogens (tertiary/aromatic N) is 5. The lowest BCUT2D eigenvalue weighted by molar-refractivity contribution is 0.0981. The number of fused-ring (bicyclic) bond motifs is 1. The van der Waals surface area contributed by atoms with Crippen molar-refractivity contribution in [2.75, 3.05) is 59.9 Å². The van der Waals surface area contributed by atoms with Crippen LogP contribution in [-0.4, -0.2) is 55.8 Å². The summed E-state index contributed by atoms with van der Waals surface area (Å²) in [5.41, 5.74) is 2.35. The minimum absolute atomic E-state index is 0.0495. The largest absolute Gasteiger partial charge is 0.369 e. The maximum atomic E-state index is 14.4. The Balaban J connectivity index is 1.36. The zero-order valence-corrected chi connectivity index (χ0v) is 18.8. The number of nitrogens with one attached hydrogen (secondary N) is 2. The highest BCUT2D eigenvalue weighted by Gasteiger charge is 2.33. The van der Waals surface area contributed by atoms with Gasteiger partial charge in [0.25, 0.3) is 5.91 Å². The number of benzene rings is 2. The standard InChI is InChI=1S/C23H23ClFN7O/c1-30-14-32(20-18(24)3-2-4-19(20)25)22(33)17-13-27-23(29-21(17)30)28-15-5-7-16(8-6-15)31-11-9-26-10-12-31/h2-8,13,26H,9-12,14H2,1H3,(H,27,28,29). The summed E-state index contributed by atoms with van der Waals surface area (Å²) >= 11 is 6.18. The number of hydrogen-bond acceptors (Lipinski definition) is 7. The van der Waals surface area contributed by atoms with Gasteiger partial charge in [0.05, 0.1) is 11.7 Å². The van der Waals surface area contributed by atoms with E-state index in [9.17, 15) is 9.18 Å². The molecule has 0 aliphatic carbocycles. The summed E-state index contributed by atoms with van der Waals surface area (Å²) in [6.45, 7) is 4.04. The Labute approximate surface area is 196 Å². The lowest BCUT2D eigenvalue weighted by Crippen LogP contribution is -2.46. The van der Waals surface area contributed by atoms with Crippen LogP contribution in [0.25, 0.3) is 0 Å². The molecule has 10 heteroatoms. The van der Waals surface area contributed by atoms with Crippen molar-refractivity contribution in [2.24, 2.45) is 0 Å².